The van der Waals surface area contributed by atoms with Gasteiger partial charge in [0, 0.05) is 52.2 Å². The van der Waals surface area contributed by atoms with Crippen molar-refractivity contribution in [3.05, 3.63) is 11.6 Å². The average molecular weight is 518 g/mol. The van der Waals surface area contributed by atoms with E-state index in [1.54, 1.807) is 0 Å². The number of aliphatic imine (C=N–C) groups is 1. The van der Waals surface area contributed by atoms with Gasteiger partial charge in [-0.05, 0) is 40.0 Å². The molecule has 1 saturated heterocycles. The fraction of sp³-hybridized carbons (Fsp3) is 0.789. The summed E-state index contributed by atoms with van der Waals surface area (Å²) in [5.74, 6) is 3.28. The average Bonchev–Trinajstić information content (AvgIpc) is 3.05. The number of aromatic nitrogens is 3. The number of halogens is 1. The molecule has 0 bridgehead atoms. The first-order valence-corrected chi connectivity index (χ1v) is 10.3. The van der Waals surface area contributed by atoms with Crippen molar-refractivity contribution in [2.24, 2.45) is 16.6 Å². The monoisotopic (exact) mass is 518 g/mol. The summed E-state index contributed by atoms with van der Waals surface area (Å²) in [6.07, 6.45) is 2.07. The second-order valence-corrected chi connectivity index (χ2v) is 8.27. The molecule has 3 N–H and O–H groups in total. The van der Waals surface area contributed by atoms with Crippen molar-refractivity contribution in [3.63, 3.8) is 0 Å². The number of carbonyl (C=O) groups is 1. The van der Waals surface area contributed by atoms with Gasteiger partial charge in [0.15, 0.2) is 5.96 Å². The summed E-state index contributed by atoms with van der Waals surface area (Å²) in [6, 6.07) is 0. The smallest absolute Gasteiger partial charge is 0.237 e. The number of hydrogen-bond donors (Lipinski definition) is 2. The zero-order valence-electron chi connectivity index (χ0n) is 18.0. The van der Waals surface area contributed by atoms with Gasteiger partial charge in [-0.3, -0.25) is 14.7 Å². The fourth-order valence-electron chi connectivity index (χ4n) is 3.95. The van der Waals surface area contributed by atoms with Gasteiger partial charge in [-0.25, -0.2) is 0 Å². The number of hydrogen-bond acceptors (Lipinski definition) is 5. The summed E-state index contributed by atoms with van der Waals surface area (Å²) in [6.45, 7) is 13.7. The molecule has 1 aromatic rings. The van der Waals surface area contributed by atoms with Crippen LogP contribution in [0.5, 0.6) is 0 Å². The zero-order chi connectivity index (χ0) is 20.3. The molecule has 0 aliphatic carbocycles. The normalized spacial score (nSPS) is 20.8. The Kier molecular flexibility index (Phi) is 8.27. The van der Waals surface area contributed by atoms with Gasteiger partial charge >= 0.3 is 0 Å². The zero-order valence-corrected chi connectivity index (χ0v) is 20.3. The highest BCUT2D eigenvalue weighted by atomic mass is 127. The molecule has 3 rings (SSSR count). The van der Waals surface area contributed by atoms with E-state index in [4.69, 9.17) is 10.7 Å². The van der Waals surface area contributed by atoms with E-state index in [0.29, 0.717) is 5.92 Å². The summed E-state index contributed by atoms with van der Waals surface area (Å²) in [4.78, 5) is 21.1. The first kappa shape index (κ1) is 23.8. The molecule has 10 heteroatoms. The molecule has 0 spiro atoms. The molecular weight excluding hydrogens is 483 g/mol. The van der Waals surface area contributed by atoms with E-state index >= 15 is 0 Å². The predicted molar refractivity (Wildman–Crippen MR) is 124 cm³/mol. The molecule has 1 fully saturated rings. The van der Waals surface area contributed by atoms with Gasteiger partial charge in [0.05, 0.1) is 5.54 Å². The van der Waals surface area contributed by atoms with E-state index < -0.39 is 5.54 Å². The number of nitrogens with one attached hydrogen (secondary N) is 1. The second kappa shape index (κ2) is 10.1. The van der Waals surface area contributed by atoms with Crippen LogP contribution in [0, 0.1) is 12.8 Å². The number of fused-ring (bicyclic) bond motifs is 1. The van der Waals surface area contributed by atoms with Crippen molar-refractivity contribution in [3.8, 4) is 0 Å². The molecule has 1 unspecified atom stereocenters. The van der Waals surface area contributed by atoms with E-state index in [-0.39, 0.29) is 29.9 Å². The standard InChI is InChI=1S/C19H34N8O.HI/c1-5-21-18(25-8-10-26(11-9-25)19(3,4)17(20)28)22-12-15-6-7-16-24-23-14(2)27(16)13-15;/h15H,5-13H2,1-4H3,(H2,20,28)(H,21,22);1H. The Hall–Kier alpha value is -1.43. The number of primary amides is 1. The molecule has 0 aromatic carbocycles. The molecule has 2 aliphatic rings. The molecule has 2 aliphatic heterocycles. The molecule has 0 radical (unpaired) electrons. The van der Waals surface area contributed by atoms with E-state index in [1.165, 1.54) is 0 Å². The number of carbonyl (C=O) groups excluding carboxylic acids is 1. The van der Waals surface area contributed by atoms with Crippen molar-refractivity contribution in [1.29, 1.82) is 0 Å². The molecule has 3 heterocycles. The quantitative estimate of drug-likeness (QED) is 0.337. The van der Waals surface area contributed by atoms with Crippen LogP contribution in [0.2, 0.25) is 0 Å². The van der Waals surface area contributed by atoms with E-state index in [0.717, 1.165) is 76.3 Å². The highest BCUT2D eigenvalue weighted by molar-refractivity contribution is 14.0. The largest absolute Gasteiger partial charge is 0.368 e. The Morgan fingerprint density at radius 2 is 1.97 bits per heavy atom. The summed E-state index contributed by atoms with van der Waals surface area (Å²) >= 11 is 0. The fourth-order valence-corrected chi connectivity index (χ4v) is 3.95. The number of aryl methyl sites for hydroxylation is 2. The molecule has 29 heavy (non-hydrogen) atoms. The summed E-state index contributed by atoms with van der Waals surface area (Å²) in [5.41, 5.74) is 4.96. The minimum absolute atomic E-state index is 0. The third-order valence-electron chi connectivity index (χ3n) is 6.04. The minimum atomic E-state index is -0.613. The Morgan fingerprint density at radius 3 is 2.59 bits per heavy atom. The van der Waals surface area contributed by atoms with Gasteiger partial charge in [0.2, 0.25) is 5.91 Å². The molecular formula is C19H35IN8O. The van der Waals surface area contributed by atoms with E-state index in [1.807, 2.05) is 20.8 Å². The first-order chi connectivity index (χ1) is 13.3. The highest BCUT2D eigenvalue weighted by Crippen LogP contribution is 2.20. The number of guanidine groups is 1. The van der Waals surface area contributed by atoms with Crippen LogP contribution < -0.4 is 11.1 Å². The molecule has 0 saturated carbocycles. The lowest BCUT2D eigenvalue weighted by atomic mass is 9.99. The maximum Gasteiger partial charge on any atom is 0.237 e. The number of nitrogens with zero attached hydrogens (tertiary/aromatic N) is 6. The van der Waals surface area contributed by atoms with E-state index in [9.17, 15) is 4.79 Å². The van der Waals surface area contributed by atoms with Gasteiger partial charge < -0.3 is 20.5 Å². The second-order valence-electron chi connectivity index (χ2n) is 8.27. The summed E-state index contributed by atoms with van der Waals surface area (Å²) < 4.78 is 2.22. The Bertz CT molecular complexity index is 724. The van der Waals surface area contributed by atoms with Crippen LogP contribution in [-0.4, -0.2) is 81.2 Å². The Morgan fingerprint density at radius 1 is 1.28 bits per heavy atom. The van der Waals surface area contributed by atoms with Gasteiger partial charge in [0.1, 0.15) is 11.6 Å². The van der Waals surface area contributed by atoms with Gasteiger partial charge in [-0.2, -0.15) is 0 Å². The number of nitrogens with two attached hydrogens (primary N) is 1. The Labute approximate surface area is 190 Å². The van der Waals surface area contributed by atoms with Crippen molar-refractivity contribution in [2.75, 3.05) is 39.3 Å². The van der Waals surface area contributed by atoms with Crippen LogP contribution in [0.4, 0.5) is 0 Å². The van der Waals surface area contributed by atoms with Crippen molar-refractivity contribution >= 4 is 35.8 Å². The van der Waals surface area contributed by atoms with Crippen LogP contribution in [0.25, 0.3) is 0 Å². The maximum atomic E-state index is 11.7. The number of rotatable bonds is 5. The molecule has 1 aromatic heterocycles. The van der Waals surface area contributed by atoms with Crippen molar-refractivity contribution in [2.45, 2.75) is 52.6 Å². The third-order valence-corrected chi connectivity index (χ3v) is 6.04. The van der Waals surface area contributed by atoms with E-state index in [2.05, 4.69) is 36.8 Å². The van der Waals surface area contributed by atoms with Gasteiger partial charge in [-0.15, -0.1) is 34.2 Å². The van der Waals surface area contributed by atoms with Crippen molar-refractivity contribution in [1.82, 2.24) is 29.9 Å². The number of amides is 1. The lowest BCUT2D eigenvalue weighted by Crippen LogP contribution is -2.61. The molecule has 1 amide bonds. The lowest BCUT2D eigenvalue weighted by molar-refractivity contribution is -0.129. The number of piperazine rings is 1. The topological polar surface area (TPSA) is 105 Å². The van der Waals surface area contributed by atoms with Crippen LogP contribution in [0.1, 0.15) is 38.8 Å². The van der Waals surface area contributed by atoms with Gasteiger partial charge in [-0.1, -0.05) is 0 Å². The third kappa shape index (κ3) is 5.39. The SMILES string of the molecule is CCNC(=NCC1CCc2nnc(C)n2C1)N1CCN(C(C)(C)C(N)=O)CC1.I. The minimum Gasteiger partial charge on any atom is -0.368 e. The van der Waals surface area contributed by atoms with Crippen LogP contribution in [0.3, 0.4) is 0 Å². The van der Waals surface area contributed by atoms with Crippen LogP contribution in [-0.2, 0) is 17.8 Å². The summed E-state index contributed by atoms with van der Waals surface area (Å²) in [5, 5.41) is 11.9. The van der Waals surface area contributed by atoms with Crippen LogP contribution >= 0.6 is 24.0 Å². The van der Waals surface area contributed by atoms with Crippen molar-refractivity contribution < 1.29 is 4.79 Å². The maximum absolute atomic E-state index is 11.7. The molecule has 1 atom stereocenters. The van der Waals surface area contributed by atoms with Crippen LogP contribution in [0.15, 0.2) is 4.99 Å². The summed E-state index contributed by atoms with van der Waals surface area (Å²) in [7, 11) is 0. The Balaban J connectivity index is 0.00000300. The van der Waals surface area contributed by atoms with Gasteiger partial charge in [0.25, 0.3) is 0 Å². The molecule has 164 valence electrons. The highest BCUT2D eigenvalue weighted by Gasteiger charge is 2.35. The molecule has 9 nitrogen and oxygen atoms in total. The lowest BCUT2D eigenvalue weighted by Gasteiger charge is -2.43. The predicted octanol–water partition coefficient (Wildman–Crippen LogP) is 0.614. The first-order valence-electron chi connectivity index (χ1n) is 10.3.